The molecule has 1 aliphatic heterocycles. The van der Waals surface area contributed by atoms with E-state index in [0.29, 0.717) is 18.2 Å². The number of aromatic hydroxyl groups is 1. The number of hydrogen-bond acceptors (Lipinski definition) is 3. The summed E-state index contributed by atoms with van der Waals surface area (Å²) in [6.45, 7) is 7.00. The fourth-order valence-electron chi connectivity index (χ4n) is 2.83. The summed E-state index contributed by atoms with van der Waals surface area (Å²) in [5, 5.41) is 12.6. The Balaban J connectivity index is 1.72. The molecule has 2 N–H and O–H groups in total. The molecule has 0 saturated carbocycles. The molecular formula is C17H26N2O2. The zero-order chi connectivity index (χ0) is 15.2. The molecule has 1 saturated heterocycles. The number of rotatable bonds is 5. The summed E-state index contributed by atoms with van der Waals surface area (Å²) < 4.78 is 0. The Labute approximate surface area is 127 Å². The molecule has 21 heavy (non-hydrogen) atoms. The van der Waals surface area contributed by atoms with Gasteiger partial charge < -0.3 is 15.3 Å². The fraction of sp³-hybridized carbons (Fsp3) is 0.588. The van der Waals surface area contributed by atoms with Crippen molar-refractivity contribution in [2.45, 2.75) is 45.6 Å². The number of amides is 1. The molecular weight excluding hydrogens is 264 g/mol. The van der Waals surface area contributed by atoms with Crippen LogP contribution in [0.5, 0.6) is 5.75 Å². The van der Waals surface area contributed by atoms with E-state index in [4.69, 9.17) is 0 Å². The first-order valence-corrected chi connectivity index (χ1v) is 7.90. The van der Waals surface area contributed by atoms with E-state index in [1.165, 1.54) is 31.9 Å². The van der Waals surface area contributed by atoms with Crippen molar-refractivity contribution in [3.8, 4) is 5.75 Å². The lowest BCUT2D eigenvalue weighted by Crippen LogP contribution is -2.39. The number of nitrogens with zero attached hydrogens (tertiary/aromatic N) is 1. The maximum atomic E-state index is 12.0. The zero-order valence-electron chi connectivity index (χ0n) is 13.1. The average molecular weight is 290 g/mol. The first kappa shape index (κ1) is 15.8. The summed E-state index contributed by atoms with van der Waals surface area (Å²) in [5.41, 5.74) is 1.30. The number of carbonyl (C=O) groups is 1. The summed E-state index contributed by atoms with van der Waals surface area (Å²) in [4.78, 5) is 14.5. The highest BCUT2D eigenvalue weighted by molar-refractivity contribution is 5.94. The molecule has 1 aromatic carbocycles. The van der Waals surface area contributed by atoms with Gasteiger partial charge in [0.05, 0.1) is 0 Å². The predicted octanol–water partition coefficient (Wildman–Crippen LogP) is 2.69. The first-order chi connectivity index (χ1) is 10.1. The van der Waals surface area contributed by atoms with Crippen LogP contribution in [-0.4, -0.2) is 41.6 Å². The van der Waals surface area contributed by atoms with Crippen molar-refractivity contribution in [3.05, 3.63) is 29.3 Å². The number of benzene rings is 1. The van der Waals surface area contributed by atoms with Crippen molar-refractivity contribution in [1.82, 2.24) is 10.2 Å². The van der Waals surface area contributed by atoms with Gasteiger partial charge in [0.2, 0.25) is 0 Å². The van der Waals surface area contributed by atoms with Crippen LogP contribution in [0.25, 0.3) is 0 Å². The zero-order valence-corrected chi connectivity index (χ0v) is 13.1. The van der Waals surface area contributed by atoms with Crippen LogP contribution in [0.3, 0.4) is 0 Å². The van der Waals surface area contributed by atoms with Gasteiger partial charge in [-0.1, -0.05) is 12.5 Å². The van der Waals surface area contributed by atoms with Crippen molar-refractivity contribution in [2.24, 2.45) is 0 Å². The molecule has 1 aromatic rings. The fourth-order valence-corrected chi connectivity index (χ4v) is 2.83. The lowest BCUT2D eigenvalue weighted by Gasteiger charge is -2.33. The molecule has 4 nitrogen and oxygen atoms in total. The van der Waals surface area contributed by atoms with E-state index in [1.54, 1.807) is 12.1 Å². The van der Waals surface area contributed by atoms with Gasteiger partial charge in [-0.3, -0.25) is 4.79 Å². The molecule has 0 bridgehead atoms. The van der Waals surface area contributed by atoms with Crippen LogP contribution in [0.4, 0.5) is 0 Å². The van der Waals surface area contributed by atoms with Crippen molar-refractivity contribution < 1.29 is 9.90 Å². The lowest BCUT2D eigenvalue weighted by molar-refractivity contribution is 0.0948. The number of phenols is 1. The highest BCUT2D eigenvalue weighted by Crippen LogP contribution is 2.17. The second kappa shape index (κ2) is 7.46. The van der Waals surface area contributed by atoms with E-state index >= 15 is 0 Å². The number of piperidine rings is 1. The van der Waals surface area contributed by atoms with E-state index in [2.05, 4.69) is 17.1 Å². The van der Waals surface area contributed by atoms with Crippen molar-refractivity contribution in [2.75, 3.05) is 19.6 Å². The van der Waals surface area contributed by atoms with Gasteiger partial charge in [-0.25, -0.2) is 0 Å². The monoisotopic (exact) mass is 290 g/mol. The number of aryl methyl sites for hydroxylation is 1. The van der Waals surface area contributed by atoms with Gasteiger partial charge in [0, 0.05) is 24.7 Å². The van der Waals surface area contributed by atoms with E-state index in [9.17, 15) is 9.90 Å². The van der Waals surface area contributed by atoms with Crippen LogP contribution in [0.15, 0.2) is 18.2 Å². The van der Waals surface area contributed by atoms with E-state index < -0.39 is 0 Å². The maximum absolute atomic E-state index is 12.0. The van der Waals surface area contributed by atoms with Gasteiger partial charge in [-0.15, -0.1) is 0 Å². The molecule has 0 spiro atoms. The van der Waals surface area contributed by atoms with Gasteiger partial charge >= 0.3 is 0 Å². The molecule has 0 aliphatic carbocycles. The number of likely N-dealkylation sites (tertiary alicyclic amines) is 1. The summed E-state index contributed by atoms with van der Waals surface area (Å²) in [6, 6.07) is 5.71. The summed E-state index contributed by atoms with van der Waals surface area (Å²) >= 11 is 0. The van der Waals surface area contributed by atoms with Crippen LogP contribution < -0.4 is 5.32 Å². The minimum Gasteiger partial charge on any atom is -0.508 e. The minimum atomic E-state index is -0.114. The number of hydrogen-bond donors (Lipinski definition) is 2. The molecule has 1 heterocycles. The van der Waals surface area contributed by atoms with E-state index in [0.717, 1.165) is 18.5 Å². The van der Waals surface area contributed by atoms with Crippen LogP contribution in [-0.2, 0) is 0 Å². The van der Waals surface area contributed by atoms with Crippen molar-refractivity contribution in [3.63, 3.8) is 0 Å². The highest BCUT2D eigenvalue weighted by Gasteiger charge is 2.17. The Morgan fingerprint density at radius 1 is 1.43 bits per heavy atom. The molecule has 1 unspecified atom stereocenters. The standard InChI is InChI=1S/C17H26N2O2/c1-13-7-8-15(12-16(13)20)17(21)18-9-5-11-19-10-4-3-6-14(19)2/h7-8,12,14,20H,3-6,9-11H2,1-2H3,(H,18,21). The molecule has 1 aliphatic rings. The normalized spacial score (nSPS) is 19.4. The molecule has 1 fully saturated rings. The summed E-state index contributed by atoms with van der Waals surface area (Å²) in [6.07, 6.45) is 4.88. The Morgan fingerprint density at radius 2 is 2.24 bits per heavy atom. The Hall–Kier alpha value is -1.55. The van der Waals surface area contributed by atoms with Gasteiger partial charge in [0.25, 0.3) is 5.91 Å². The predicted molar refractivity (Wildman–Crippen MR) is 84.7 cm³/mol. The maximum Gasteiger partial charge on any atom is 0.251 e. The van der Waals surface area contributed by atoms with Crippen LogP contribution in [0, 0.1) is 6.92 Å². The second-order valence-corrected chi connectivity index (χ2v) is 5.99. The third-order valence-corrected chi connectivity index (χ3v) is 4.32. The van der Waals surface area contributed by atoms with Crippen LogP contribution in [0.1, 0.15) is 48.5 Å². The number of phenolic OH excluding ortho intramolecular Hbond substituents is 1. The lowest BCUT2D eigenvalue weighted by atomic mass is 10.0. The van der Waals surface area contributed by atoms with Crippen LogP contribution >= 0.6 is 0 Å². The summed E-state index contributed by atoms with van der Waals surface area (Å²) in [7, 11) is 0. The third-order valence-electron chi connectivity index (χ3n) is 4.32. The van der Waals surface area contributed by atoms with Gasteiger partial charge in [0.1, 0.15) is 5.75 Å². The van der Waals surface area contributed by atoms with E-state index in [1.807, 2.05) is 6.92 Å². The molecule has 0 aromatic heterocycles. The minimum absolute atomic E-state index is 0.114. The number of nitrogens with one attached hydrogen (secondary N) is 1. The smallest absolute Gasteiger partial charge is 0.251 e. The summed E-state index contributed by atoms with van der Waals surface area (Å²) in [5.74, 6) is 0.0572. The SMILES string of the molecule is Cc1ccc(C(=O)NCCCN2CCCCC2C)cc1O. The second-order valence-electron chi connectivity index (χ2n) is 5.99. The molecule has 1 amide bonds. The van der Waals surface area contributed by atoms with E-state index in [-0.39, 0.29) is 11.7 Å². The van der Waals surface area contributed by atoms with Crippen molar-refractivity contribution >= 4 is 5.91 Å². The first-order valence-electron chi connectivity index (χ1n) is 7.90. The number of carbonyl (C=O) groups excluding carboxylic acids is 1. The van der Waals surface area contributed by atoms with Gasteiger partial charge in [-0.2, -0.15) is 0 Å². The molecule has 2 rings (SSSR count). The Bertz CT molecular complexity index is 488. The molecule has 0 radical (unpaired) electrons. The van der Waals surface area contributed by atoms with Crippen molar-refractivity contribution in [1.29, 1.82) is 0 Å². The molecule has 116 valence electrons. The molecule has 4 heteroatoms. The van der Waals surface area contributed by atoms with Crippen LogP contribution in [0.2, 0.25) is 0 Å². The topological polar surface area (TPSA) is 52.6 Å². The average Bonchev–Trinajstić information content (AvgIpc) is 2.48. The van der Waals surface area contributed by atoms with Gasteiger partial charge in [0.15, 0.2) is 0 Å². The third kappa shape index (κ3) is 4.46. The van der Waals surface area contributed by atoms with Gasteiger partial charge in [-0.05, 0) is 57.4 Å². The highest BCUT2D eigenvalue weighted by atomic mass is 16.3. The Morgan fingerprint density at radius 3 is 2.95 bits per heavy atom. The molecule has 1 atom stereocenters. The quantitative estimate of drug-likeness (QED) is 0.820. The Kier molecular flexibility index (Phi) is 5.62. The largest absolute Gasteiger partial charge is 0.508 e.